The SMILES string of the molecule is CN1CCc2c(sc(NC(=O)c3ccc(S(=O)(=O)N4CCc5ccccc54)cc3)c2-c2nc3ccccc3s2)C1. The van der Waals surface area contributed by atoms with Crippen LogP contribution >= 0.6 is 22.7 Å². The number of anilines is 2. The Morgan fingerprint density at radius 2 is 1.70 bits per heavy atom. The van der Waals surface area contributed by atoms with E-state index >= 15 is 0 Å². The average Bonchev–Trinajstić information content (AvgIpc) is 3.67. The summed E-state index contributed by atoms with van der Waals surface area (Å²) in [5, 5.41) is 4.83. The zero-order chi connectivity index (χ0) is 27.4. The van der Waals surface area contributed by atoms with E-state index in [1.807, 2.05) is 42.5 Å². The molecule has 0 aliphatic carbocycles. The zero-order valence-corrected chi connectivity index (χ0v) is 24.2. The van der Waals surface area contributed by atoms with E-state index in [0.29, 0.717) is 18.5 Å². The van der Waals surface area contributed by atoms with Gasteiger partial charge in [-0.15, -0.1) is 22.7 Å². The molecule has 3 aromatic carbocycles. The molecule has 5 aromatic rings. The third-order valence-corrected chi connectivity index (χ3v) is 11.5. The Hall–Kier alpha value is -3.57. The predicted octanol–water partition coefficient (Wildman–Crippen LogP) is 6.02. The van der Waals surface area contributed by atoms with Crippen LogP contribution < -0.4 is 9.62 Å². The number of thiophene rings is 1. The van der Waals surface area contributed by atoms with E-state index in [-0.39, 0.29) is 10.8 Å². The van der Waals surface area contributed by atoms with Crippen molar-refractivity contribution in [2.24, 2.45) is 0 Å². The molecule has 0 fully saturated rings. The van der Waals surface area contributed by atoms with Crippen LogP contribution in [0, 0.1) is 0 Å². The largest absolute Gasteiger partial charge is 0.313 e. The molecule has 0 spiro atoms. The molecule has 10 heteroatoms. The second-order valence-electron chi connectivity index (χ2n) is 10.1. The first-order chi connectivity index (χ1) is 19.4. The van der Waals surface area contributed by atoms with Gasteiger partial charge in [0.25, 0.3) is 15.9 Å². The van der Waals surface area contributed by atoms with Gasteiger partial charge >= 0.3 is 0 Å². The zero-order valence-electron chi connectivity index (χ0n) is 21.8. The fourth-order valence-electron chi connectivity index (χ4n) is 5.46. The summed E-state index contributed by atoms with van der Waals surface area (Å²) in [7, 11) is -1.62. The molecule has 2 aliphatic rings. The standard InChI is InChI=1S/C30H26N4O3S3/c1-33-16-15-22-26(18-33)39-30(27(22)29-31-23-7-3-5-9-25(23)38-29)32-28(35)20-10-12-21(13-11-20)40(36,37)34-17-14-19-6-2-4-8-24(19)34/h2-13H,14-18H2,1H3,(H,32,35). The summed E-state index contributed by atoms with van der Waals surface area (Å²) in [5.41, 5.74) is 5.36. The first kappa shape index (κ1) is 25.4. The Morgan fingerprint density at radius 3 is 2.52 bits per heavy atom. The van der Waals surface area contributed by atoms with Crippen molar-refractivity contribution >= 4 is 59.5 Å². The number of hydrogen-bond donors (Lipinski definition) is 1. The van der Waals surface area contributed by atoms with Gasteiger partial charge in [-0.25, -0.2) is 13.4 Å². The first-order valence-electron chi connectivity index (χ1n) is 13.1. The van der Waals surface area contributed by atoms with Gasteiger partial charge < -0.3 is 10.2 Å². The monoisotopic (exact) mass is 586 g/mol. The number of nitrogens with one attached hydrogen (secondary N) is 1. The predicted molar refractivity (Wildman–Crippen MR) is 162 cm³/mol. The lowest BCUT2D eigenvalue weighted by molar-refractivity contribution is 0.102. The lowest BCUT2D eigenvalue weighted by Crippen LogP contribution is -2.29. The molecule has 0 saturated heterocycles. The van der Waals surface area contributed by atoms with Crippen LogP contribution in [0.2, 0.25) is 0 Å². The molecule has 0 bridgehead atoms. The minimum atomic E-state index is -3.72. The molecule has 7 rings (SSSR count). The van der Waals surface area contributed by atoms with Crippen molar-refractivity contribution in [2.45, 2.75) is 24.3 Å². The van der Waals surface area contributed by atoms with Crippen molar-refractivity contribution in [2.75, 3.05) is 29.8 Å². The van der Waals surface area contributed by atoms with Crippen LogP contribution in [0.4, 0.5) is 10.7 Å². The second kappa shape index (κ2) is 9.81. The lowest BCUT2D eigenvalue weighted by Gasteiger charge is -2.22. The molecule has 40 heavy (non-hydrogen) atoms. The van der Waals surface area contributed by atoms with Crippen LogP contribution in [0.5, 0.6) is 0 Å². The summed E-state index contributed by atoms with van der Waals surface area (Å²) in [6.45, 7) is 2.20. The van der Waals surface area contributed by atoms with Gasteiger partial charge in [0.1, 0.15) is 10.0 Å². The number of nitrogens with zero attached hydrogens (tertiary/aromatic N) is 3. The van der Waals surface area contributed by atoms with Crippen LogP contribution in [-0.2, 0) is 29.4 Å². The Kier molecular flexibility index (Phi) is 6.23. The van der Waals surface area contributed by atoms with Gasteiger partial charge in [0.2, 0.25) is 0 Å². The number of carbonyl (C=O) groups excluding carboxylic acids is 1. The van der Waals surface area contributed by atoms with Gasteiger partial charge in [-0.2, -0.15) is 0 Å². The summed E-state index contributed by atoms with van der Waals surface area (Å²) < 4.78 is 29.4. The number of benzene rings is 3. The maximum absolute atomic E-state index is 13.4. The number of sulfonamides is 1. The number of rotatable bonds is 5. The van der Waals surface area contributed by atoms with Crippen LogP contribution in [-0.4, -0.2) is 44.3 Å². The molecule has 7 nitrogen and oxygen atoms in total. The van der Waals surface area contributed by atoms with Crippen molar-refractivity contribution < 1.29 is 13.2 Å². The summed E-state index contributed by atoms with van der Waals surface area (Å²) in [6.07, 6.45) is 1.59. The summed E-state index contributed by atoms with van der Waals surface area (Å²) in [6, 6.07) is 21.9. The number of hydrogen-bond acceptors (Lipinski definition) is 7. The quantitative estimate of drug-likeness (QED) is 0.273. The van der Waals surface area contributed by atoms with Crippen molar-refractivity contribution in [3.05, 3.63) is 94.4 Å². The summed E-state index contributed by atoms with van der Waals surface area (Å²) in [4.78, 5) is 22.0. The Bertz CT molecular complexity index is 1840. The minimum Gasteiger partial charge on any atom is -0.313 e. The van der Waals surface area contributed by atoms with E-state index in [9.17, 15) is 13.2 Å². The number of para-hydroxylation sites is 2. The minimum absolute atomic E-state index is 0.172. The first-order valence-corrected chi connectivity index (χ1v) is 16.2. The van der Waals surface area contributed by atoms with E-state index in [4.69, 9.17) is 4.98 Å². The van der Waals surface area contributed by atoms with Crippen molar-refractivity contribution in [3.8, 4) is 10.6 Å². The number of likely N-dealkylation sites (N-methyl/N-ethyl adjacent to an activating group) is 1. The highest BCUT2D eigenvalue weighted by Gasteiger charge is 2.31. The number of thiazole rings is 1. The highest BCUT2D eigenvalue weighted by molar-refractivity contribution is 7.92. The topological polar surface area (TPSA) is 82.6 Å². The maximum Gasteiger partial charge on any atom is 0.264 e. The molecule has 1 amide bonds. The molecular formula is C30H26N4O3S3. The molecule has 0 radical (unpaired) electrons. The molecule has 0 saturated carbocycles. The molecule has 0 unspecified atom stereocenters. The van der Waals surface area contributed by atoms with Crippen molar-refractivity contribution in [1.82, 2.24) is 9.88 Å². The second-order valence-corrected chi connectivity index (χ2v) is 14.1. The number of carbonyl (C=O) groups is 1. The lowest BCUT2D eigenvalue weighted by atomic mass is 10.0. The molecule has 1 N–H and O–H groups in total. The van der Waals surface area contributed by atoms with E-state index in [2.05, 4.69) is 23.3 Å². The van der Waals surface area contributed by atoms with Crippen LogP contribution in [0.1, 0.15) is 26.4 Å². The van der Waals surface area contributed by atoms with Gasteiger partial charge in [-0.05, 0) is 73.5 Å². The van der Waals surface area contributed by atoms with Gasteiger partial charge in [0, 0.05) is 35.6 Å². The van der Waals surface area contributed by atoms with Crippen LogP contribution in [0.25, 0.3) is 20.8 Å². The third-order valence-electron chi connectivity index (χ3n) is 7.53. The van der Waals surface area contributed by atoms with Gasteiger partial charge in [-0.1, -0.05) is 30.3 Å². The molecule has 202 valence electrons. The fourth-order valence-corrected chi connectivity index (χ4v) is 9.40. The molecule has 4 heterocycles. The maximum atomic E-state index is 13.4. The number of amides is 1. The van der Waals surface area contributed by atoms with Gasteiger partial charge in [0.15, 0.2) is 0 Å². The Morgan fingerprint density at radius 1 is 0.925 bits per heavy atom. The van der Waals surface area contributed by atoms with Gasteiger partial charge in [-0.3, -0.25) is 9.10 Å². The highest BCUT2D eigenvalue weighted by Crippen LogP contribution is 2.45. The van der Waals surface area contributed by atoms with Crippen molar-refractivity contribution in [1.29, 1.82) is 0 Å². The van der Waals surface area contributed by atoms with Crippen LogP contribution in [0.15, 0.2) is 77.7 Å². The normalized spacial score (nSPS) is 15.3. The van der Waals surface area contributed by atoms with E-state index in [0.717, 1.165) is 56.5 Å². The Balaban J connectivity index is 1.18. The smallest absolute Gasteiger partial charge is 0.264 e. The summed E-state index contributed by atoms with van der Waals surface area (Å²) in [5.74, 6) is -0.273. The molecule has 2 aromatic heterocycles. The molecule has 0 atom stereocenters. The Labute approximate surface area is 240 Å². The molecular weight excluding hydrogens is 561 g/mol. The number of aromatic nitrogens is 1. The summed E-state index contributed by atoms with van der Waals surface area (Å²) >= 11 is 3.24. The molecule has 2 aliphatic heterocycles. The number of fused-ring (bicyclic) bond motifs is 3. The van der Waals surface area contributed by atoms with E-state index in [1.165, 1.54) is 26.9 Å². The fraction of sp³-hybridized carbons (Fsp3) is 0.200. The average molecular weight is 587 g/mol. The van der Waals surface area contributed by atoms with Crippen LogP contribution in [0.3, 0.4) is 0 Å². The third kappa shape index (κ3) is 4.32. The van der Waals surface area contributed by atoms with E-state index in [1.54, 1.807) is 34.8 Å². The highest BCUT2D eigenvalue weighted by atomic mass is 32.2. The van der Waals surface area contributed by atoms with E-state index < -0.39 is 10.0 Å². The van der Waals surface area contributed by atoms with Gasteiger partial charge in [0.05, 0.1) is 20.8 Å². The van der Waals surface area contributed by atoms with Crippen molar-refractivity contribution in [3.63, 3.8) is 0 Å².